The third-order valence-electron chi connectivity index (χ3n) is 2.83. The van der Waals surface area contributed by atoms with Gasteiger partial charge in [-0.05, 0) is 36.2 Å². The molecule has 18 heavy (non-hydrogen) atoms. The Hall–Kier alpha value is -1.10. The van der Waals surface area contributed by atoms with Crippen molar-refractivity contribution in [1.82, 2.24) is 0 Å². The van der Waals surface area contributed by atoms with E-state index < -0.39 is 0 Å². The summed E-state index contributed by atoms with van der Waals surface area (Å²) in [6.07, 6.45) is 0. The minimum absolute atomic E-state index is 0.257. The van der Waals surface area contributed by atoms with Gasteiger partial charge in [0.05, 0.1) is 6.04 Å². The molecule has 0 amide bonds. The quantitative estimate of drug-likeness (QED) is 0.939. The lowest BCUT2D eigenvalue weighted by molar-refractivity contribution is 0.162. The van der Waals surface area contributed by atoms with Crippen LogP contribution in [0.2, 0.25) is 0 Å². The second-order valence-electron chi connectivity index (χ2n) is 4.22. The van der Waals surface area contributed by atoms with E-state index in [9.17, 15) is 0 Å². The van der Waals surface area contributed by atoms with E-state index in [1.165, 1.54) is 5.56 Å². The van der Waals surface area contributed by atoms with E-state index in [0.29, 0.717) is 6.61 Å². The molecule has 0 saturated carbocycles. The van der Waals surface area contributed by atoms with E-state index in [0.717, 1.165) is 21.6 Å². The Morgan fingerprint density at radius 1 is 1.33 bits per heavy atom. The second-order valence-corrected chi connectivity index (χ2v) is 5.08. The Labute approximate surface area is 115 Å². The molecule has 0 bridgehead atoms. The Kier molecular flexibility index (Phi) is 4.22. The first kappa shape index (κ1) is 13.3. The zero-order valence-electron chi connectivity index (χ0n) is 10.4. The number of hydrogen-bond acceptors (Lipinski definition) is 3. The van der Waals surface area contributed by atoms with Gasteiger partial charge in [-0.1, -0.05) is 28.1 Å². The van der Waals surface area contributed by atoms with Gasteiger partial charge in [0.25, 0.3) is 0 Å². The predicted molar refractivity (Wildman–Crippen MR) is 74.3 cm³/mol. The molecular formula is C14H16BrNO2. The van der Waals surface area contributed by atoms with Crippen LogP contribution >= 0.6 is 15.9 Å². The van der Waals surface area contributed by atoms with Crippen LogP contribution in [0.5, 0.6) is 0 Å². The zero-order chi connectivity index (χ0) is 13.1. The van der Waals surface area contributed by atoms with Crippen LogP contribution in [0.15, 0.2) is 39.2 Å². The van der Waals surface area contributed by atoms with Crippen molar-refractivity contribution in [2.45, 2.75) is 19.6 Å². The molecule has 2 rings (SSSR count). The molecule has 0 fully saturated rings. The van der Waals surface area contributed by atoms with Gasteiger partial charge in [-0.2, -0.15) is 0 Å². The summed E-state index contributed by atoms with van der Waals surface area (Å²) in [5.41, 5.74) is 8.39. The number of ether oxygens (including phenoxy) is 1. The van der Waals surface area contributed by atoms with Gasteiger partial charge in [0.2, 0.25) is 0 Å². The van der Waals surface area contributed by atoms with Crippen molar-refractivity contribution < 1.29 is 9.15 Å². The zero-order valence-corrected chi connectivity index (χ0v) is 12.0. The first-order valence-corrected chi connectivity index (χ1v) is 6.50. The molecule has 2 aromatic rings. The summed E-state index contributed by atoms with van der Waals surface area (Å²) in [7, 11) is 1.64. The first-order valence-electron chi connectivity index (χ1n) is 5.71. The number of benzene rings is 1. The molecule has 0 radical (unpaired) electrons. The summed E-state index contributed by atoms with van der Waals surface area (Å²) < 4.78 is 11.7. The summed E-state index contributed by atoms with van der Waals surface area (Å²) in [4.78, 5) is 0. The third-order valence-corrected chi connectivity index (χ3v) is 3.68. The Morgan fingerprint density at radius 2 is 2.11 bits per heavy atom. The molecule has 96 valence electrons. The van der Waals surface area contributed by atoms with Crippen LogP contribution in [-0.2, 0) is 11.3 Å². The van der Waals surface area contributed by atoms with Crippen LogP contribution in [-0.4, -0.2) is 7.11 Å². The van der Waals surface area contributed by atoms with E-state index in [-0.39, 0.29) is 6.04 Å². The molecule has 0 spiro atoms. The molecular weight excluding hydrogens is 294 g/mol. The minimum Gasteiger partial charge on any atom is -0.462 e. The van der Waals surface area contributed by atoms with Crippen LogP contribution in [0.25, 0.3) is 0 Å². The number of nitrogens with two attached hydrogens (primary N) is 1. The highest BCUT2D eigenvalue weighted by molar-refractivity contribution is 9.10. The normalized spacial score (nSPS) is 12.7. The fourth-order valence-electron chi connectivity index (χ4n) is 1.75. The molecule has 0 aliphatic rings. The summed E-state index contributed by atoms with van der Waals surface area (Å²) in [5, 5.41) is 0. The standard InChI is InChI=1S/C14H16BrNO2/c1-9-3-4-10(7-12(9)15)14(16)13-6-5-11(18-13)8-17-2/h3-7,14H,8,16H2,1-2H3. The van der Waals surface area contributed by atoms with Gasteiger partial charge in [0.1, 0.15) is 18.1 Å². The summed E-state index contributed by atoms with van der Waals surface area (Å²) in [6.45, 7) is 2.51. The Morgan fingerprint density at radius 3 is 2.78 bits per heavy atom. The number of furan rings is 1. The SMILES string of the molecule is COCc1ccc(C(N)c2ccc(C)c(Br)c2)o1. The smallest absolute Gasteiger partial charge is 0.129 e. The monoisotopic (exact) mass is 309 g/mol. The predicted octanol–water partition coefficient (Wildman–Crippen LogP) is 3.55. The lowest BCUT2D eigenvalue weighted by atomic mass is 10.0. The fraction of sp³-hybridized carbons (Fsp3) is 0.286. The maximum atomic E-state index is 6.19. The highest BCUT2D eigenvalue weighted by Crippen LogP contribution is 2.26. The van der Waals surface area contributed by atoms with Gasteiger partial charge in [-0.15, -0.1) is 0 Å². The van der Waals surface area contributed by atoms with Crippen LogP contribution in [0.4, 0.5) is 0 Å². The largest absolute Gasteiger partial charge is 0.462 e. The number of rotatable bonds is 4. The lowest BCUT2D eigenvalue weighted by Gasteiger charge is -2.10. The van der Waals surface area contributed by atoms with Crippen LogP contribution in [0.1, 0.15) is 28.7 Å². The molecule has 3 nitrogen and oxygen atoms in total. The summed E-state index contributed by atoms with van der Waals surface area (Å²) in [6, 6.07) is 9.61. The fourth-order valence-corrected chi connectivity index (χ4v) is 2.14. The minimum atomic E-state index is -0.257. The van der Waals surface area contributed by atoms with Gasteiger partial charge in [0.15, 0.2) is 0 Å². The number of halogens is 1. The average molecular weight is 310 g/mol. The lowest BCUT2D eigenvalue weighted by Crippen LogP contribution is -2.11. The molecule has 1 aromatic heterocycles. The molecule has 0 saturated heterocycles. The second kappa shape index (κ2) is 5.69. The molecule has 0 aliphatic carbocycles. The van der Waals surface area contributed by atoms with E-state index in [2.05, 4.69) is 15.9 Å². The van der Waals surface area contributed by atoms with Crippen molar-refractivity contribution >= 4 is 15.9 Å². The molecule has 1 atom stereocenters. The molecule has 2 N–H and O–H groups in total. The van der Waals surface area contributed by atoms with E-state index in [1.54, 1.807) is 7.11 Å². The van der Waals surface area contributed by atoms with Crippen molar-refractivity contribution in [1.29, 1.82) is 0 Å². The Bertz CT molecular complexity index is 536. The van der Waals surface area contributed by atoms with Gasteiger partial charge in [-0.3, -0.25) is 0 Å². The molecule has 0 aliphatic heterocycles. The third kappa shape index (κ3) is 2.83. The number of aryl methyl sites for hydroxylation is 1. The van der Waals surface area contributed by atoms with Crippen molar-refractivity contribution in [3.05, 3.63) is 57.5 Å². The highest BCUT2D eigenvalue weighted by atomic mass is 79.9. The van der Waals surface area contributed by atoms with Crippen LogP contribution in [0, 0.1) is 6.92 Å². The van der Waals surface area contributed by atoms with Crippen molar-refractivity contribution in [3.8, 4) is 0 Å². The van der Waals surface area contributed by atoms with Gasteiger partial charge < -0.3 is 14.9 Å². The van der Waals surface area contributed by atoms with Crippen molar-refractivity contribution in [2.24, 2.45) is 5.73 Å². The molecule has 1 unspecified atom stereocenters. The van der Waals surface area contributed by atoms with Crippen molar-refractivity contribution in [2.75, 3.05) is 7.11 Å². The maximum absolute atomic E-state index is 6.19. The highest BCUT2D eigenvalue weighted by Gasteiger charge is 2.14. The summed E-state index contributed by atoms with van der Waals surface area (Å²) in [5.74, 6) is 1.53. The van der Waals surface area contributed by atoms with Gasteiger partial charge in [-0.25, -0.2) is 0 Å². The van der Waals surface area contributed by atoms with Gasteiger partial charge >= 0.3 is 0 Å². The first-order chi connectivity index (χ1) is 8.61. The van der Waals surface area contributed by atoms with E-state index in [1.807, 2.05) is 37.3 Å². The Balaban J connectivity index is 2.23. The maximum Gasteiger partial charge on any atom is 0.129 e. The van der Waals surface area contributed by atoms with Crippen molar-refractivity contribution in [3.63, 3.8) is 0 Å². The van der Waals surface area contributed by atoms with Crippen LogP contribution < -0.4 is 5.73 Å². The van der Waals surface area contributed by atoms with Crippen LogP contribution in [0.3, 0.4) is 0 Å². The molecule has 4 heteroatoms. The molecule has 1 aromatic carbocycles. The average Bonchev–Trinajstić information content (AvgIpc) is 2.81. The topological polar surface area (TPSA) is 48.4 Å². The van der Waals surface area contributed by atoms with E-state index in [4.69, 9.17) is 14.9 Å². The van der Waals surface area contributed by atoms with Gasteiger partial charge in [0, 0.05) is 11.6 Å². The molecule has 1 heterocycles. The number of methoxy groups -OCH3 is 1. The number of hydrogen-bond donors (Lipinski definition) is 1. The summed E-state index contributed by atoms with van der Waals surface area (Å²) >= 11 is 3.51. The van der Waals surface area contributed by atoms with E-state index >= 15 is 0 Å².